The van der Waals surface area contributed by atoms with E-state index in [4.69, 9.17) is 4.74 Å². The Morgan fingerprint density at radius 3 is 1.90 bits per heavy atom. The number of hydrogen-bond acceptors (Lipinski definition) is 3. The van der Waals surface area contributed by atoms with Crippen LogP contribution in [-0.4, -0.2) is 22.8 Å². The van der Waals surface area contributed by atoms with Crippen molar-refractivity contribution in [1.82, 2.24) is 0 Å². The standard InChI is InChI=1S/C26H27NO3/c1-25(2,3)30-24(28)27-22-17-11-10-12-19(22)18-23(27)26(29,20-13-6-4-7-14-20)21-15-8-5-9-16-21/h4-17,23,29H,18H2,1-3H3/t23-/m0/s1. The molecule has 1 aliphatic rings. The van der Waals surface area contributed by atoms with Gasteiger partial charge in [-0.3, -0.25) is 4.90 Å². The van der Waals surface area contributed by atoms with E-state index in [0.29, 0.717) is 6.42 Å². The molecule has 1 amide bonds. The number of para-hydroxylation sites is 1. The third-order valence-corrected chi connectivity index (χ3v) is 5.48. The summed E-state index contributed by atoms with van der Waals surface area (Å²) in [6.07, 6.45) is 0.0677. The van der Waals surface area contributed by atoms with Crippen molar-refractivity contribution in [3.63, 3.8) is 0 Å². The van der Waals surface area contributed by atoms with Gasteiger partial charge in [0.15, 0.2) is 0 Å². The van der Waals surface area contributed by atoms with Crippen LogP contribution in [0.3, 0.4) is 0 Å². The number of nitrogens with zero attached hydrogens (tertiary/aromatic N) is 1. The summed E-state index contributed by atoms with van der Waals surface area (Å²) in [5.74, 6) is 0. The third-order valence-electron chi connectivity index (χ3n) is 5.48. The average Bonchev–Trinajstić information content (AvgIpc) is 3.13. The zero-order chi connectivity index (χ0) is 21.4. The molecule has 3 aromatic rings. The van der Waals surface area contributed by atoms with Gasteiger partial charge in [0.25, 0.3) is 0 Å². The van der Waals surface area contributed by atoms with Crippen LogP contribution in [0, 0.1) is 0 Å². The van der Waals surface area contributed by atoms with Gasteiger partial charge in [0.2, 0.25) is 0 Å². The number of aliphatic hydroxyl groups is 1. The van der Waals surface area contributed by atoms with E-state index in [1.54, 1.807) is 4.90 Å². The Labute approximate surface area is 177 Å². The highest BCUT2D eigenvalue weighted by molar-refractivity contribution is 5.92. The first-order valence-electron chi connectivity index (χ1n) is 10.2. The fourth-order valence-electron chi connectivity index (χ4n) is 4.19. The maximum atomic E-state index is 13.3. The fourth-order valence-corrected chi connectivity index (χ4v) is 4.19. The van der Waals surface area contributed by atoms with Gasteiger partial charge < -0.3 is 9.84 Å². The topological polar surface area (TPSA) is 49.8 Å². The zero-order valence-electron chi connectivity index (χ0n) is 17.6. The zero-order valence-corrected chi connectivity index (χ0v) is 17.6. The van der Waals surface area contributed by atoms with E-state index in [1.807, 2.05) is 106 Å². The van der Waals surface area contributed by atoms with Gasteiger partial charge in [-0.1, -0.05) is 78.9 Å². The fraction of sp³-hybridized carbons (Fsp3) is 0.269. The number of rotatable bonds is 3. The minimum atomic E-state index is -1.40. The predicted molar refractivity (Wildman–Crippen MR) is 119 cm³/mol. The molecule has 30 heavy (non-hydrogen) atoms. The van der Waals surface area contributed by atoms with E-state index in [0.717, 1.165) is 22.4 Å². The number of anilines is 1. The van der Waals surface area contributed by atoms with Gasteiger partial charge >= 0.3 is 6.09 Å². The van der Waals surface area contributed by atoms with Gasteiger partial charge in [0, 0.05) is 0 Å². The maximum absolute atomic E-state index is 13.3. The molecule has 4 heteroatoms. The van der Waals surface area contributed by atoms with Crippen LogP contribution in [0.4, 0.5) is 10.5 Å². The molecule has 0 spiro atoms. The molecule has 4 rings (SSSR count). The number of hydrogen-bond donors (Lipinski definition) is 1. The SMILES string of the molecule is CC(C)(C)OC(=O)N1c2ccccc2C[C@H]1C(O)(c1ccccc1)c1ccccc1. The highest BCUT2D eigenvalue weighted by Gasteiger charge is 2.50. The van der Waals surface area contributed by atoms with Crippen molar-refractivity contribution in [3.8, 4) is 0 Å². The molecule has 154 valence electrons. The lowest BCUT2D eigenvalue weighted by molar-refractivity contribution is 0.0317. The molecule has 0 saturated carbocycles. The molecule has 0 aliphatic carbocycles. The number of amides is 1. The van der Waals surface area contributed by atoms with E-state index < -0.39 is 23.3 Å². The smallest absolute Gasteiger partial charge is 0.415 e. The predicted octanol–water partition coefficient (Wildman–Crippen LogP) is 5.29. The van der Waals surface area contributed by atoms with Gasteiger partial charge in [-0.05, 0) is 49.9 Å². The van der Waals surface area contributed by atoms with Crippen molar-refractivity contribution >= 4 is 11.8 Å². The second kappa shape index (κ2) is 7.62. The molecule has 0 bridgehead atoms. The lowest BCUT2D eigenvalue weighted by atomic mass is 9.78. The van der Waals surface area contributed by atoms with Crippen LogP contribution in [0.2, 0.25) is 0 Å². The summed E-state index contributed by atoms with van der Waals surface area (Å²) in [5.41, 5.74) is 1.22. The Balaban J connectivity index is 1.88. The summed E-state index contributed by atoms with van der Waals surface area (Å²) in [7, 11) is 0. The molecule has 3 aromatic carbocycles. The minimum Gasteiger partial charge on any atom is -0.443 e. The molecular weight excluding hydrogens is 374 g/mol. The second-order valence-electron chi connectivity index (χ2n) is 8.70. The van der Waals surface area contributed by atoms with Gasteiger partial charge in [0.1, 0.15) is 11.2 Å². The van der Waals surface area contributed by atoms with Crippen molar-refractivity contribution in [3.05, 3.63) is 102 Å². The summed E-state index contributed by atoms with van der Waals surface area (Å²) >= 11 is 0. The monoisotopic (exact) mass is 401 g/mol. The van der Waals surface area contributed by atoms with Crippen LogP contribution in [0.15, 0.2) is 84.9 Å². The van der Waals surface area contributed by atoms with Crippen molar-refractivity contribution in [1.29, 1.82) is 0 Å². The quantitative estimate of drug-likeness (QED) is 0.649. The Bertz CT molecular complexity index is 985. The number of carbonyl (C=O) groups is 1. The molecular formula is C26H27NO3. The second-order valence-corrected chi connectivity index (χ2v) is 8.70. The molecule has 1 N–H and O–H groups in total. The normalized spacial score (nSPS) is 16.3. The lowest BCUT2D eigenvalue weighted by Crippen LogP contribution is -2.53. The van der Waals surface area contributed by atoms with Crippen molar-refractivity contribution in [2.45, 2.75) is 44.4 Å². The van der Waals surface area contributed by atoms with Crippen molar-refractivity contribution < 1.29 is 14.6 Å². The largest absolute Gasteiger partial charge is 0.443 e. The van der Waals surface area contributed by atoms with Crippen molar-refractivity contribution in [2.75, 3.05) is 4.90 Å². The molecule has 0 saturated heterocycles. The first-order valence-corrected chi connectivity index (χ1v) is 10.2. The van der Waals surface area contributed by atoms with Crippen LogP contribution in [0.5, 0.6) is 0 Å². The molecule has 1 aliphatic heterocycles. The summed E-state index contributed by atoms with van der Waals surface area (Å²) < 4.78 is 5.75. The van der Waals surface area contributed by atoms with E-state index >= 15 is 0 Å². The van der Waals surface area contributed by atoms with Gasteiger partial charge in [-0.15, -0.1) is 0 Å². The van der Waals surface area contributed by atoms with Crippen molar-refractivity contribution in [2.24, 2.45) is 0 Å². The Kier molecular flexibility index (Phi) is 5.12. The van der Waals surface area contributed by atoms with Crippen LogP contribution in [0.1, 0.15) is 37.5 Å². The van der Waals surface area contributed by atoms with Gasteiger partial charge in [-0.25, -0.2) is 4.79 Å². The Morgan fingerprint density at radius 2 is 1.37 bits per heavy atom. The minimum absolute atomic E-state index is 0.456. The summed E-state index contributed by atoms with van der Waals surface area (Å²) in [4.78, 5) is 15.0. The first kappa shape index (κ1) is 20.2. The van der Waals surface area contributed by atoms with Crippen LogP contribution >= 0.6 is 0 Å². The molecule has 1 heterocycles. The van der Waals surface area contributed by atoms with Crippen LogP contribution in [0.25, 0.3) is 0 Å². The van der Waals surface area contributed by atoms with Gasteiger partial charge in [0.05, 0.1) is 11.7 Å². The summed E-state index contributed by atoms with van der Waals surface area (Å²) in [6, 6.07) is 26.3. The highest BCUT2D eigenvalue weighted by Crippen LogP contribution is 2.44. The number of fused-ring (bicyclic) bond motifs is 1. The molecule has 0 aromatic heterocycles. The first-order chi connectivity index (χ1) is 14.3. The van der Waals surface area contributed by atoms with E-state index in [2.05, 4.69) is 0 Å². The average molecular weight is 402 g/mol. The number of benzene rings is 3. The molecule has 0 unspecified atom stereocenters. The molecule has 1 atom stereocenters. The Hall–Kier alpha value is -3.11. The van der Waals surface area contributed by atoms with Crippen LogP contribution in [-0.2, 0) is 16.8 Å². The third kappa shape index (κ3) is 3.59. The summed E-state index contributed by atoms with van der Waals surface area (Å²) in [5, 5.41) is 12.3. The maximum Gasteiger partial charge on any atom is 0.415 e. The summed E-state index contributed by atoms with van der Waals surface area (Å²) in [6.45, 7) is 5.55. The van der Waals surface area contributed by atoms with E-state index in [1.165, 1.54) is 0 Å². The van der Waals surface area contributed by atoms with Gasteiger partial charge in [-0.2, -0.15) is 0 Å². The van der Waals surface area contributed by atoms with E-state index in [9.17, 15) is 9.90 Å². The Morgan fingerprint density at radius 1 is 0.867 bits per heavy atom. The molecule has 0 fully saturated rings. The van der Waals surface area contributed by atoms with E-state index in [-0.39, 0.29) is 0 Å². The van der Waals surface area contributed by atoms with Crippen LogP contribution < -0.4 is 4.90 Å². The molecule has 4 nitrogen and oxygen atoms in total. The number of ether oxygens (including phenoxy) is 1. The molecule has 0 radical (unpaired) electrons. The lowest BCUT2D eigenvalue weighted by Gasteiger charge is -2.40. The number of carbonyl (C=O) groups excluding carboxylic acids is 1. The highest BCUT2D eigenvalue weighted by atomic mass is 16.6.